The predicted molar refractivity (Wildman–Crippen MR) is 129 cm³/mol. The molecular formula is C25H27N7O. The lowest BCUT2D eigenvalue weighted by Gasteiger charge is -2.05. The molecule has 168 valence electrons. The molecule has 0 saturated carbocycles. The van der Waals surface area contributed by atoms with Gasteiger partial charge in [0.1, 0.15) is 5.69 Å². The van der Waals surface area contributed by atoms with Gasteiger partial charge in [-0.3, -0.25) is 14.5 Å². The lowest BCUT2D eigenvalue weighted by Crippen LogP contribution is -2.17. The van der Waals surface area contributed by atoms with Crippen LogP contribution in [0.3, 0.4) is 0 Å². The number of hydrogen-bond acceptors (Lipinski definition) is 4. The fourth-order valence-corrected chi connectivity index (χ4v) is 2.69. The molecule has 0 aliphatic carbocycles. The number of imidazole rings is 2. The Hall–Kier alpha value is -4.46. The molecule has 8 nitrogen and oxygen atoms in total. The van der Waals surface area contributed by atoms with Crippen LogP contribution in [0.2, 0.25) is 0 Å². The Bertz CT molecular complexity index is 1200. The smallest absolute Gasteiger partial charge is 0.218 e. The van der Waals surface area contributed by atoms with Crippen LogP contribution in [0.25, 0.3) is 22.9 Å². The first-order valence-electron chi connectivity index (χ1n) is 10.4. The first-order chi connectivity index (χ1) is 16.1. The number of carbonyl (C=O) groups is 1. The molecule has 3 heterocycles. The van der Waals surface area contributed by atoms with Gasteiger partial charge in [-0.2, -0.15) is 5.10 Å². The van der Waals surface area contributed by atoms with Crippen molar-refractivity contribution in [2.75, 3.05) is 14.1 Å². The van der Waals surface area contributed by atoms with Gasteiger partial charge in [0.2, 0.25) is 5.91 Å². The first-order valence-corrected chi connectivity index (χ1v) is 10.4. The van der Waals surface area contributed by atoms with Crippen molar-refractivity contribution in [3.63, 3.8) is 0 Å². The number of hydrogen-bond donors (Lipinski definition) is 1. The van der Waals surface area contributed by atoms with E-state index in [2.05, 4.69) is 20.2 Å². The Balaban J connectivity index is 0.000000157. The maximum Gasteiger partial charge on any atom is 0.218 e. The van der Waals surface area contributed by atoms with Crippen molar-refractivity contribution in [2.45, 2.75) is 6.92 Å². The van der Waals surface area contributed by atoms with Gasteiger partial charge in [0, 0.05) is 63.4 Å². The lowest BCUT2D eigenvalue weighted by molar-refractivity contribution is -0.126. The van der Waals surface area contributed by atoms with Gasteiger partial charge in [0.25, 0.3) is 0 Å². The number of H-pyrrole nitrogens is 1. The summed E-state index contributed by atoms with van der Waals surface area (Å²) < 4.78 is 3.99. The molecule has 8 heteroatoms. The molecule has 5 aromatic rings. The number of rotatable bonds is 3. The average molecular weight is 442 g/mol. The second-order valence-corrected chi connectivity index (χ2v) is 7.15. The van der Waals surface area contributed by atoms with Gasteiger partial charge in [0.15, 0.2) is 5.82 Å². The normalized spacial score (nSPS) is 9.79. The minimum atomic E-state index is 0.0926. The van der Waals surface area contributed by atoms with Crippen LogP contribution in [0.5, 0.6) is 0 Å². The highest BCUT2D eigenvalue weighted by Gasteiger charge is 2.07. The zero-order chi connectivity index (χ0) is 23.5. The van der Waals surface area contributed by atoms with Crippen LogP contribution in [0.4, 0.5) is 0 Å². The molecule has 0 saturated heterocycles. The Morgan fingerprint density at radius 1 is 0.848 bits per heavy atom. The molecule has 0 aliphatic heterocycles. The van der Waals surface area contributed by atoms with Crippen LogP contribution < -0.4 is 0 Å². The SMILES string of the molecule is CC(=O)N(C)C.c1ccc(-n2ccnc2)cc1.c1ccc(-n2ccnc2-c2ccn[nH]2)cc1. The summed E-state index contributed by atoms with van der Waals surface area (Å²) in [5, 5.41) is 6.85. The zero-order valence-electron chi connectivity index (χ0n) is 18.9. The summed E-state index contributed by atoms with van der Waals surface area (Å²) >= 11 is 0. The van der Waals surface area contributed by atoms with Crippen molar-refractivity contribution < 1.29 is 4.79 Å². The van der Waals surface area contributed by atoms with Crippen LogP contribution in [-0.4, -0.2) is 54.2 Å². The number of aromatic amines is 1. The van der Waals surface area contributed by atoms with E-state index in [4.69, 9.17) is 0 Å². The van der Waals surface area contributed by atoms with E-state index in [1.165, 1.54) is 11.8 Å². The van der Waals surface area contributed by atoms with Crippen LogP contribution in [-0.2, 0) is 4.79 Å². The molecule has 0 bridgehead atoms. The molecule has 3 aromatic heterocycles. The number of benzene rings is 2. The number of carbonyl (C=O) groups excluding carboxylic acids is 1. The van der Waals surface area contributed by atoms with Crippen molar-refractivity contribution >= 4 is 5.91 Å². The Morgan fingerprint density at radius 2 is 1.48 bits per heavy atom. The van der Waals surface area contributed by atoms with Crippen molar-refractivity contribution in [3.8, 4) is 22.9 Å². The van der Waals surface area contributed by atoms with Crippen LogP contribution in [0.15, 0.2) is 104 Å². The maximum atomic E-state index is 10.1. The van der Waals surface area contributed by atoms with Crippen LogP contribution in [0, 0.1) is 0 Å². The zero-order valence-corrected chi connectivity index (χ0v) is 18.9. The quantitative estimate of drug-likeness (QED) is 0.454. The van der Waals surface area contributed by atoms with Crippen molar-refractivity contribution in [2.24, 2.45) is 0 Å². The van der Waals surface area contributed by atoms with Crippen LogP contribution in [0.1, 0.15) is 6.92 Å². The Labute approximate surface area is 193 Å². The van der Waals surface area contributed by atoms with Crippen molar-refractivity contribution in [1.29, 1.82) is 0 Å². The largest absolute Gasteiger partial charge is 0.349 e. The Kier molecular flexibility index (Phi) is 8.30. The Morgan fingerprint density at radius 3 is 2.00 bits per heavy atom. The molecule has 0 atom stereocenters. The van der Waals surface area contributed by atoms with E-state index in [1.54, 1.807) is 39.0 Å². The molecular weight excluding hydrogens is 414 g/mol. The van der Waals surface area contributed by atoms with Gasteiger partial charge >= 0.3 is 0 Å². The summed E-state index contributed by atoms with van der Waals surface area (Å²) in [6, 6.07) is 22.1. The third-order valence-corrected chi connectivity index (χ3v) is 4.61. The standard InChI is InChI=1S/C12H10N4.C9H8N2.C4H9NO/c1-2-4-10(5-3-1)16-9-8-13-12(16)11-6-7-14-15-11;1-2-4-9(5-3-1)11-7-6-10-8-11;1-4(6)5(2)3/h1-9H,(H,14,15);1-8H;1-3H3. The van der Waals surface area contributed by atoms with E-state index >= 15 is 0 Å². The molecule has 0 unspecified atom stereocenters. The molecule has 33 heavy (non-hydrogen) atoms. The van der Waals surface area contributed by atoms with Gasteiger partial charge in [-0.25, -0.2) is 9.97 Å². The lowest BCUT2D eigenvalue weighted by atomic mass is 10.3. The van der Waals surface area contributed by atoms with Crippen molar-refractivity contribution in [3.05, 3.63) is 104 Å². The second-order valence-electron chi connectivity index (χ2n) is 7.15. The van der Waals surface area contributed by atoms with E-state index in [0.717, 1.165) is 22.9 Å². The molecule has 0 radical (unpaired) electrons. The van der Waals surface area contributed by atoms with E-state index in [1.807, 2.05) is 88.3 Å². The highest BCUT2D eigenvalue weighted by molar-refractivity contribution is 5.72. The fraction of sp³-hybridized carbons (Fsp3) is 0.120. The number of amides is 1. The maximum absolute atomic E-state index is 10.1. The first kappa shape index (κ1) is 23.2. The van der Waals surface area contributed by atoms with Gasteiger partial charge in [-0.05, 0) is 30.3 Å². The van der Waals surface area contributed by atoms with Crippen LogP contribution >= 0.6 is 0 Å². The predicted octanol–water partition coefficient (Wildman–Crippen LogP) is 4.23. The summed E-state index contributed by atoms with van der Waals surface area (Å²) in [4.78, 5) is 19.9. The number of nitrogens with zero attached hydrogens (tertiary/aromatic N) is 6. The molecule has 1 N–H and O–H groups in total. The van der Waals surface area contributed by atoms with Gasteiger partial charge in [-0.1, -0.05) is 36.4 Å². The van der Waals surface area contributed by atoms with E-state index in [0.29, 0.717) is 0 Å². The highest BCUT2D eigenvalue weighted by Crippen LogP contribution is 2.18. The summed E-state index contributed by atoms with van der Waals surface area (Å²) in [5.41, 5.74) is 3.14. The molecule has 1 amide bonds. The number of aromatic nitrogens is 6. The molecule has 0 spiro atoms. The number of nitrogens with one attached hydrogen (secondary N) is 1. The average Bonchev–Trinajstić information content (AvgIpc) is 3.63. The van der Waals surface area contributed by atoms with Gasteiger partial charge in [0.05, 0.1) is 6.33 Å². The summed E-state index contributed by atoms with van der Waals surface area (Å²) in [6.07, 6.45) is 10.9. The van der Waals surface area contributed by atoms with E-state index in [-0.39, 0.29) is 5.91 Å². The third-order valence-electron chi connectivity index (χ3n) is 4.61. The third kappa shape index (κ3) is 6.76. The second kappa shape index (κ2) is 11.8. The summed E-state index contributed by atoms with van der Waals surface area (Å²) in [5.74, 6) is 0.957. The molecule has 0 aliphatic rings. The summed E-state index contributed by atoms with van der Waals surface area (Å²) in [7, 11) is 3.45. The minimum Gasteiger partial charge on any atom is -0.349 e. The highest BCUT2D eigenvalue weighted by atomic mass is 16.2. The topological polar surface area (TPSA) is 84.6 Å². The number of para-hydroxylation sites is 2. The summed E-state index contributed by atoms with van der Waals surface area (Å²) in [6.45, 7) is 1.53. The van der Waals surface area contributed by atoms with Gasteiger partial charge in [-0.15, -0.1) is 0 Å². The molecule has 5 rings (SSSR count). The fourth-order valence-electron chi connectivity index (χ4n) is 2.69. The minimum absolute atomic E-state index is 0.0926. The van der Waals surface area contributed by atoms with Crippen molar-refractivity contribution in [1.82, 2.24) is 34.2 Å². The molecule has 2 aromatic carbocycles. The van der Waals surface area contributed by atoms with Gasteiger partial charge < -0.3 is 9.47 Å². The van der Waals surface area contributed by atoms with E-state index in [9.17, 15) is 4.79 Å². The molecule has 0 fully saturated rings. The van der Waals surface area contributed by atoms with E-state index < -0.39 is 0 Å². The monoisotopic (exact) mass is 441 g/mol.